The van der Waals surface area contributed by atoms with Crippen molar-refractivity contribution in [3.8, 4) is 0 Å². The summed E-state index contributed by atoms with van der Waals surface area (Å²) in [6.45, 7) is 3.90. The molecule has 1 saturated heterocycles. The van der Waals surface area contributed by atoms with Crippen molar-refractivity contribution in [2.75, 3.05) is 10.7 Å². The highest BCUT2D eigenvalue weighted by Crippen LogP contribution is 2.30. The summed E-state index contributed by atoms with van der Waals surface area (Å²) >= 11 is 7.31. The molecule has 0 atom stereocenters. The second-order valence-electron chi connectivity index (χ2n) is 5.62. The van der Waals surface area contributed by atoms with E-state index in [-0.39, 0.29) is 11.7 Å². The zero-order chi connectivity index (χ0) is 18.0. The minimum atomic E-state index is -0.418. The minimum Gasteiger partial charge on any atom is -0.273 e. The number of hydrogen-bond acceptors (Lipinski definition) is 4. The topological polar surface area (TPSA) is 61.8 Å². The van der Waals surface area contributed by atoms with Crippen molar-refractivity contribution in [1.29, 1.82) is 0 Å². The Hall–Kier alpha value is -2.31. The molecule has 0 radical (unpaired) electrons. The molecule has 0 aromatic heterocycles. The molecule has 2 aromatic carbocycles. The van der Waals surface area contributed by atoms with Gasteiger partial charge in [-0.05, 0) is 43.2 Å². The molecule has 0 spiro atoms. The number of benzene rings is 2. The third-order valence-corrected chi connectivity index (χ3v) is 5.00. The Labute approximate surface area is 155 Å². The number of hydrazone groups is 1. The first-order chi connectivity index (χ1) is 12.0. The first-order valence-electron chi connectivity index (χ1n) is 7.63. The van der Waals surface area contributed by atoms with Gasteiger partial charge in [-0.1, -0.05) is 47.6 Å². The standard InChI is InChI=1S/C18H16ClN3O2S/c1-11-7-8-12(2)15(9-11)22-16(23)10-25-18(22)21-20-17(24)13-5-3-4-6-14(13)19/h3-9H,10H2,1-2H3,(H,20,24). The maximum atomic E-state index is 12.3. The van der Waals surface area contributed by atoms with Gasteiger partial charge in [0.15, 0.2) is 5.17 Å². The second-order valence-corrected chi connectivity index (χ2v) is 6.97. The Morgan fingerprint density at radius 3 is 2.76 bits per heavy atom. The fourth-order valence-electron chi connectivity index (χ4n) is 2.45. The van der Waals surface area contributed by atoms with Crippen LogP contribution >= 0.6 is 23.4 Å². The number of thioether (sulfide) groups is 1. The average molecular weight is 374 g/mol. The summed E-state index contributed by atoms with van der Waals surface area (Å²) in [5, 5.41) is 4.94. The third-order valence-electron chi connectivity index (χ3n) is 3.74. The molecule has 0 saturated carbocycles. The highest BCUT2D eigenvalue weighted by molar-refractivity contribution is 8.15. The number of carbonyl (C=O) groups is 2. The van der Waals surface area contributed by atoms with Crippen LogP contribution in [-0.4, -0.2) is 22.7 Å². The molecule has 1 aliphatic heterocycles. The fourth-order valence-corrected chi connectivity index (χ4v) is 3.49. The Bertz CT molecular complexity index is 882. The van der Waals surface area contributed by atoms with Gasteiger partial charge < -0.3 is 0 Å². The lowest BCUT2D eigenvalue weighted by Crippen LogP contribution is -2.32. The van der Waals surface area contributed by atoms with Crippen LogP contribution in [0, 0.1) is 13.8 Å². The molecule has 1 aliphatic rings. The molecule has 1 fully saturated rings. The Morgan fingerprint density at radius 2 is 2.00 bits per heavy atom. The number of anilines is 1. The van der Waals surface area contributed by atoms with Crippen molar-refractivity contribution in [3.05, 3.63) is 64.2 Å². The van der Waals surface area contributed by atoms with Crippen LogP contribution in [0.5, 0.6) is 0 Å². The lowest BCUT2D eigenvalue weighted by molar-refractivity contribution is -0.115. The lowest BCUT2D eigenvalue weighted by atomic mass is 10.1. The maximum absolute atomic E-state index is 12.3. The molecule has 3 rings (SSSR count). The van der Waals surface area contributed by atoms with Crippen molar-refractivity contribution < 1.29 is 9.59 Å². The Balaban J connectivity index is 1.87. The number of rotatable bonds is 3. The first kappa shape index (κ1) is 17.5. The number of amidine groups is 1. The van der Waals surface area contributed by atoms with Crippen LogP contribution in [0.1, 0.15) is 21.5 Å². The van der Waals surface area contributed by atoms with Crippen molar-refractivity contribution in [3.63, 3.8) is 0 Å². The molecule has 7 heteroatoms. The molecular weight excluding hydrogens is 358 g/mol. The summed E-state index contributed by atoms with van der Waals surface area (Å²) < 4.78 is 0. The number of carbonyl (C=O) groups excluding carboxylic acids is 2. The van der Waals surface area contributed by atoms with Crippen molar-refractivity contribution in [1.82, 2.24) is 5.43 Å². The van der Waals surface area contributed by atoms with Gasteiger partial charge in [-0.2, -0.15) is 0 Å². The zero-order valence-electron chi connectivity index (χ0n) is 13.7. The number of hydrogen-bond donors (Lipinski definition) is 1. The predicted molar refractivity (Wildman–Crippen MR) is 102 cm³/mol. The third kappa shape index (κ3) is 3.70. The van der Waals surface area contributed by atoms with Gasteiger partial charge in [0, 0.05) is 0 Å². The zero-order valence-corrected chi connectivity index (χ0v) is 15.3. The molecule has 0 unspecified atom stereocenters. The molecule has 1 N–H and O–H groups in total. The van der Waals surface area contributed by atoms with Crippen LogP contribution in [0.2, 0.25) is 5.02 Å². The molecule has 2 aromatic rings. The van der Waals surface area contributed by atoms with Crippen LogP contribution < -0.4 is 10.3 Å². The largest absolute Gasteiger partial charge is 0.273 e. The normalized spacial score (nSPS) is 15.7. The number of nitrogens with zero attached hydrogens (tertiary/aromatic N) is 2. The van der Waals surface area contributed by atoms with E-state index in [0.717, 1.165) is 16.8 Å². The van der Waals surface area contributed by atoms with Crippen LogP contribution in [0.15, 0.2) is 47.6 Å². The van der Waals surface area contributed by atoms with E-state index in [1.165, 1.54) is 11.8 Å². The summed E-state index contributed by atoms with van der Waals surface area (Å²) in [6.07, 6.45) is 0. The molecule has 128 valence electrons. The SMILES string of the molecule is Cc1ccc(C)c(N2C(=O)CSC2=NNC(=O)c2ccccc2Cl)c1. The van der Waals surface area contributed by atoms with E-state index in [0.29, 0.717) is 15.8 Å². The first-order valence-corrected chi connectivity index (χ1v) is 8.99. The highest BCUT2D eigenvalue weighted by atomic mass is 35.5. The lowest BCUT2D eigenvalue weighted by Gasteiger charge is -2.19. The van der Waals surface area contributed by atoms with Gasteiger partial charge in [-0.15, -0.1) is 5.10 Å². The van der Waals surface area contributed by atoms with E-state index in [2.05, 4.69) is 10.5 Å². The quantitative estimate of drug-likeness (QED) is 0.834. The van der Waals surface area contributed by atoms with Crippen molar-refractivity contribution in [2.24, 2.45) is 5.10 Å². The monoisotopic (exact) mass is 373 g/mol. The highest BCUT2D eigenvalue weighted by Gasteiger charge is 2.31. The second kappa shape index (κ2) is 7.29. The van der Waals surface area contributed by atoms with Gasteiger partial charge in [0.1, 0.15) is 0 Å². The van der Waals surface area contributed by atoms with Crippen LogP contribution in [0.25, 0.3) is 0 Å². The average Bonchev–Trinajstić information content (AvgIpc) is 2.96. The summed E-state index contributed by atoms with van der Waals surface area (Å²) in [7, 11) is 0. The Morgan fingerprint density at radius 1 is 1.24 bits per heavy atom. The van der Waals surface area contributed by atoms with E-state index in [1.54, 1.807) is 29.2 Å². The van der Waals surface area contributed by atoms with E-state index in [4.69, 9.17) is 11.6 Å². The summed E-state index contributed by atoms with van der Waals surface area (Å²) in [5.41, 5.74) is 5.61. The smallest absolute Gasteiger partial charge is 0.272 e. The molecule has 25 heavy (non-hydrogen) atoms. The van der Waals surface area contributed by atoms with Gasteiger partial charge in [0.25, 0.3) is 5.91 Å². The van der Waals surface area contributed by atoms with Crippen molar-refractivity contribution in [2.45, 2.75) is 13.8 Å². The fraction of sp³-hybridized carbons (Fsp3) is 0.167. The molecule has 0 aliphatic carbocycles. The molecular formula is C18H16ClN3O2S. The maximum Gasteiger partial charge on any atom is 0.272 e. The molecule has 5 nitrogen and oxygen atoms in total. The predicted octanol–water partition coefficient (Wildman–Crippen LogP) is 3.74. The van der Waals surface area contributed by atoms with Crippen LogP contribution in [0.3, 0.4) is 0 Å². The van der Waals surface area contributed by atoms with E-state index in [1.807, 2.05) is 32.0 Å². The number of amides is 2. The van der Waals surface area contributed by atoms with E-state index < -0.39 is 5.91 Å². The Kier molecular flexibility index (Phi) is 5.11. The van der Waals surface area contributed by atoms with Gasteiger partial charge in [0.05, 0.1) is 22.0 Å². The summed E-state index contributed by atoms with van der Waals surface area (Å²) in [4.78, 5) is 26.1. The van der Waals surface area contributed by atoms with E-state index >= 15 is 0 Å². The van der Waals surface area contributed by atoms with Crippen LogP contribution in [0.4, 0.5) is 5.69 Å². The minimum absolute atomic E-state index is 0.0653. The van der Waals surface area contributed by atoms with E-state index in [9.17, 15) is 9.59 Å². The number of aryl methyl sites for hydroxylation is 2. The molecule has 2 amide bonds. The number of halogens is 1. The summed E-state index contributed by atoms with van der Waals surface area (Å²) in [5.74, 6) is -0.197. The summed E-state index contributed by atoms with van der Waals surface area (Å²) in [6, 6.07) is 12.6. The van der Waals surface area contributed by atoms with Gasteiger partial charge in [0.2, 0.25) is 5.91 Å². The van der Waals surface area contributed by atoms with Gasteiger partial charge in [-0.25, -0.2) is 5.43 Å². The van der Waals surface area contributed by atoms with Gasteiger partial charge >= 0.3 is 0 Å². The van der Waals surface area contributed by atoms with Gasteiger partial charge in [-0.3, -0.25) is 14.5 Å². The molecule has 1 heterocycles. The number of nitrogens with one attached hydrogen (secondary N) is 1. The molecule has 0 bridgehead atoms. The van der Waals surface area contributed by atoms with Crippen molar-refractivity contribution >= 4 is 46.0 Å². The van der Waals surface area contributed by atoms with Crippen LogP contribution in [-0.2, 0) is 4.79 Å².